The van der Waals surface area contributed by atoms with Crippen LogP contribution >= 0.6 is 0 Å². The number of nitrogens with one attached hydrogen (secondary N) is 1. The van der Waals surface area contributed by atoms with Gasteiger partial charge in [-0.15, -0.1) is 0 Å². The fraction of sp³-hybridized carbons (Fsp3) is 0.545. The standard InChI is InChI=1S/C11H17N3O3S/c1-8(18(3)16)4-5-13-10-7-12-6-9(14-10)11(15)17-2/h6-8H,4-5H2,1-3H3,(H,13,14). The molecule has 1 aromatic heterocycles. The van der Waals surface area contributed by atoms with Crippen LogP contribution in [0.25, 0.3) is 0 Å². The number of aromatic nitrogens is 2. The topological polar surface area (TPSA) is 81.2 Å². The van der Waals surface area contributed by atoms with Crippen molar-refractivity contribution in [1.29, 1.82) is 0 Å². The predicted octanol–water partition coefficient (Wildman–Crippen LogP) is 0.832. The first-order valence-electron chi connectivity index (χ1n) is 5.51. The van der Waals surface area contributed by atoms with Crippen LogP contribution in [0.15, 0.2) is 12.4 Å². The number of anilines is 1. The monoisotopic (exact) mass is 271 g/mol. The lowest BCUT2D eigenvalue weighted by Gasteiger charge is -2.09. The van der Waals surface area contributed by atoms with Crippen LogP contribution in [0.1, 0.15) is 23.8 Å². The molecule has 6 nitrogen and oxygen atoms in total. The van der Waals surface area contributed by atoms with Crippen molar-refractivity contribution in [1.82, 2.24) is 9.97 Å². The Morgan fingerprint density at radius 3 is 2.89 bits per heavy atom. The molecule has 2 atom stereocenters. The van der Waals surface area contributed by atoms with E-state index < -0.39 is 16.8 Å². The van der Waals surface area contributed by atoms with Crippen LogP contribution in [-0.2, 0) is 15.5 Å². The first kappa shape index (κ1) is 14.6. The van der Waals surface area contributed by atoms with Crippen LogP contribution in [0.3, 0.4) is 0 Å². The lowest BCUT2D eigenvalue weighted by Crippen LogP contribution is -2.16. The third-order valence-electron chi connectivity index (χ3n) is 2.45. The minimum atomic E-state index is -0.831. The Kier molecular flexibility index (Phi) is 5.70. The zero-order valence-electron chi connectivity index (χ0n) is 10.7. The van der Waals surface area contributed by atoms with E-state index in [2.05, 4.69) is 20.0 Å². The molecule has 0 fully saturated rings. The summed E-state index contributed by atoms with van der Waals surface area (Å²) in [4.78, 5) is 19.2. The summed E-state index contributed by atoms with van der Waals surface area (Å²) in [6.45, 7) is 2.55. The number of hydrogen-bond donors (Lipinski definition) is 1. The molecule has 0 aromatic carbocycles. The maximum atomic E-state index is 11.2. The second-order valence-electron chi connectivity index (χ2n) is 3.81. The van der Waals surface area contributed by atoms with E-state index in [1.54, 1.807) is 6.26 Å². The molecule has 0 aliphatic heterocycles. The minimum Gasteiger partial charge on any atom is -0.464 e. The van der Waals surface area contributed by atoms with Crippen molar-refractivity contribution in [2.75, 3.05) is 25.2 Å². The Morgan fingerprint density at radius 2 is 2.28 bits per heavy atom. The number of ether oxygens (including phenoxy) is 1. The summed E-state index contributed by atoms with van der Waals surface area (Å²) in [5, 5.41) is 3.15. The number of carbonyl (C=O) groups excluding carboxylic acids is 1. The number of hydrogen-bond acceptors (Lipinski definition) is 6. The Labute approximate surface area is 109 Å². The van der Waals surface area contributed by atoms with E-state index in [1.807, 2.05) is 6.92 Å². The second kappa shape index (κ2) is 7.05. The van der Waals surface area contributed by atoms with E-state index in [9.17, 15) is 9.00 Å². The summed E-state index contributed by atoms with van der Waals surface area (Å²) >= 11 is 0. The molecule has 0 saturated carbocycles. The predicted molar refractivity (Wildman–Crippen MR) is 70.0 cm³/mol. The molecule has 0 radical (unpaired) electrons. The molecular weight excluding hydrogens is 254 g/mol. The molecule has 7 heteroatoms. The van der Waals surface area contributed by atoms with Gasteiger partial charge < -0.3 is 10.1 Å². The number of methoxy groups -OCH3 is 1. The van der Waals surface area contributed by atoms with Crippen molar-refractivity contribution in [3.05, 3.63) is 18.1 Å². The van der Waals surface area contributed by atoms with E-state index in [1.165, 1.54) is 19.5 Å². The zero-order chi connectivity index (χ0) is 13.5. The number of nitrogens with zero attached hydrogens (tertiary/aromatic N) is 2. The van der Waals surface area contributed by atoms with E-state index in [-0.39, 0.29) is 10.9 Å². The zero-order valence-corrected chi connectivity index (χ0v) is 11.5. The number of carbonyl (C=O) groups is 1. The Balaban J connectivity index is 2.53. The highest BCUT2D eigenvalue weighted by molar-refractivity contribution is 7.84. The molecule has 0 saturated heterocycles. The van der Waals surface area contributed by atoms with Crippen molar-refractivity contribution in [3.63, 3.8) is 0 Å². The van der Waals surface area contributed by atoms with E-state index in [0.717, 1.165) is 6.42 Å². The smallest absolute Gasteiger partial charge is 0.358 e. The molecule has 1 aromatic rings. The van der Waals surface area contributed by atoms with Gasteiger partial charge in [-0.25, -0.2) is 9.78 Å². The van der Waals surface area contributed by atoms with Gasteiger partial charge >= 0.3 is 5.97 Å². The van der Waals surface area contributed by atoms with E-state index >= 15 is 0 Å². The minimum absolute atomic E-state index is 0.120. The summed E-state index contributed by atoms with van der Waals surface area (Å²) in [6, 6.07) is 0. The quantitative estimate of drug-likeness (QED) is 0.772. The third-order valence-corrected chi connectivity index (χ3v) is 3.82. The van der Waals surface area contributed by atoms with Gasteiger partial charge in [-0.3, -0.25) is 9.19 Å². The molecule has 18 heavy (non-hydrogen) atoms. The van der Waals surface area contributed by atoms with E-state index in [0.29, 0.717) is 12.4 Å². The molecule has 0 amide bonds. The second-order valence-corrected chi connectivity index (χ2v) is 5.61. The summed E-state index contributed by atoms with van der Waals surface area (Å²) in [6.07, 6.45) is 5.32. The first-order valence-corrected chi connectivity index (χ1v) is 7.13. The normalized spacial score (nSPS) is 13.7. The van der Waals surface area contributed by atoms with Crippen molar-refractivity contribution in [3.8, 4) is 0 Å². The summed E-state index contributed by atoms with van der Waals surface area (Å²) in [5.41, 5.74) is 0.162. The van der Waals surface area contributed by atoms with Crippen LogP contribution in [-0.4, -0.2) is 45.3 Å². The maximum absolute atomic E-state index is 11.2. The molecule has 0 bridgehead atoms. The molecule has 0 aliphatic rings. The highest BCUT2D eigenvalue weighted by Gasteiger charge is 2.09. The van der Waals surface area contributed by atoms with Crippen molar-refractivity contribution < 1.29 is 13.7 Å². The number of rotatable bonds is 6. The van der Waals surface area contributed by atoms with Gasteiger partial charge in [0.2, 0.25) is 0 Å². The fourth-order valence-electron chi connectivity index (χ4n) is 1.22. The van der Waals surface area contributed by atoms with Gasteiger partial charge in [0.05, 0.1) is 19.5 Å². The lowest BCUT2D eigenvalue weighted by atomic mass is 10.3. The number of esters is 1. The molecular formula is C11H17N3O3S. The average molecular weight is 271 g/mol. The maximum Gasteiger partial charge on any atom is 0.358 e. The van der Waals surface area contributed by atoms with Gasteiger partial charge in [0.1, 0.15) is 5.82 Å². The van der Waals surface area contributed by atoms with Crippen LogP contribution in [0.5, 0.6) is 0 Å². The van der Waals surface area contributed by atoms with Gasteiger partial charge in [-0.05, 0) is 6.42 Å². The highest BCUT2D eigenvalue weighted by Crippen LogP contribution is 2.05. The SMILES string of the molecule is COC(=O)c1cncc(NCCC(C)S(C)=O)n1. The first-order chi connectivity index (χ1) is 8.54. The van der Waals surface area contributed by atoms with Crippen molar-refractivity contribution >= 4 is 22.6 Å². The van der Waals surface area contributed by atoms with Crippen molar-refractivity contribution in [2.45, 2.75) is 18.6 Å². The Morgan fingerprint density at radius 1 is 1.56 bits per heavy atom. The van der Waals surface area contributed by atoms with Gasteiger partial charge in [-0.2, -0.15) is 0 Å². The highest BCUT2D eigenvalue weighted by atomic mass is 32.2. The summed E-state index contributed by atoms with van der Waals surface area (Å²) < 4.78 is 15.7. The van der Waals surface area contributed by atoms with Crippen LogP contribution < -0.4 is 5.32 Å². The van der Waals surface area contributed by atoms with Gasteiger partial charge in [0.15, 0.2) is 5.69 Å². The fourth-order valence-corrected chi connectivity index (χ4v) is 1.67. The summed E-state index contributed by atoms with van der Waals surface area (Å²) in [7, 11) is 0.463. The van der Waals surface area contributed by atoms with Crippen molar-refractivity contribution in [2.24, 2.45) is 0 Å². The van der Waals surface area contributed by atoms with Crippen LogP contribution in [0.2, 0.25) is 0 Å². The van der Waals surface area contributed by atoms with E-state index in [4.69, 9.17) is 0 Å². The average Bonchev–Trinajstić information content (AvgIpc) is 2.37. The molecule has 1 heterocycles. The molecule has 2 unspecified atom stereocenters. The Bertz CT molecular complexity index is 439. The molecule has 1 rings (SSSR count). The largest absolute Gasteiger partial charge is 0.464 e. The Hall–Kier alpha value is -1.50. The molecule has 100 valence electrons. The van der Waals surface area contributed by atoms with Gasteiger partial charge in [0, 0.05) is 28.9 Å². The summed E-state index contributed by atoms with van der Waals surface area (Å²) in [5.74, 6) is -0.0128. The van der Waals surface area contributed by atoms with Crippen LogP contribution in [0.4, 0.5) is 5.82 Å². The molecule has 1 N–H and O–H groups in total. The third kappa shape index (κ3) is 4.40. The molecule has 0 aliphatic carbocycles. The van der Waals surface area contributed by atoms with Crippen LogP contribution in [0, 0.1) is 0 Å². The molecule has 0 spiro atoms. The van der Waals surface area contributed by atoms with Gasteiger partial charge in [-0.1, -0.05) is 6.92 Å². The lowest BCUT2D eigenvalue weighted by molar-refractivity contribution is 0.0593. The van der Waals surface area contributed by atoms with Gasteiger partial charge in [0.25, 0.3) is 0 Å².